The van der Waals surface area contributed by atoms with E-state index in [0.717, 1.165) is 6.07 Å². The van der Waals surface area contributed by atoms with Crippen LogP contribution in [0.15, 0.2) is 77.4 Å². The van der Waals surface area contributed by atoms with Gasteiger partial charge in [-0.1, -0.05) is 24.8 Å². The Kier molecular flexibility index (Phi) is 5.52. The second kappa shape index (κ2) is 8.32. The Labute approximate surface area is 188 Å². The number of aromatic nitrogens is 3. The van der Waals surface area contributed by atoms with Crippen LogP contribution in [0.4, 0.5) is 0 Å². The monoisotopic (exact) mass is 462 g/mol. The Morgan fingerprint density at radius 2 is 1.79 bits per heavy atom. The molecule has 0 saturated carbocycles. The van der Waals surface area contributed by atoms with Gasteiger partial charge in [-0.2, -0.15) is 0 Å². The van der Waals surface area contributed by atoms with E-state index in [1.165, 1.54) is 31.4 Å². The average Bonchev–Trinajstić information content (AvgIpc) is 3.32. The molecule has 166 valence electrons. The molecule has 3 heterocycles. The Balaban J connectivity index is 1.86. The van der Waals surface area contributed by atoms with Crippen molar-refractivity contribution >= 4 is 38.2 Å². The van der Waals surface area contributed by atoms with E-state index in [2.05, 4.69) is 26.8 Å². The maximum absolute atomic E-state index is 13.1. The van der Waals surface area contributed by atoms with E-state index in [4.69, 9.17) is 0 Å². The van der Waals surface area contributed by atoms with Crippen LogP contribution < -0.4 is 5.32 Å². The zero-order chi connectivity index (χ0) is 23.8. The summed E-state index contributed by atoms with van der Waals surface area (Å²) in [4.78, 5) is 35.1. The van der Waals surface area contributed by atoms with Crippen LogP contribution in [0.3, 0.4) is 0 Å². The van der Waals surface area contributed by atoms with E-state index in [-0.39, 0.29) is 38.0 Å². The molecule has 0 aliphatic carbocycles. The summed E-state index contributed by atoms with van der Waals surface area (Å²) in [5, 5.41) is 12.2. The highest BCUT2D eigenvalue weighted by Crippen LogP contribution is 2.32. The number of H-pyrrole nitrogens is 1. The Morgan fingerprint density at radius 3 is 2.45 bits per heavy atom. The number of sulfone groups is 1. The molecule has 0 aliphatic rings. The van der Waals surface area contributed by atoms with Crippen molar-refractivity contribution in [1.82, 2.24) is 20.3 Å². The summed E-state index contributed by atoms with van der Waals surface area (Å²) < 4.78 is 26.3. The van der Waals surface area contributed by atoms with Gasteiger partial charge in [0.25, 0.3) is 5.91 Å². The molecule has 3 N–H and O–H groups in total. The van der Waals surface area contributed by atoms with Crippen LogP contribution in [0.2, 0.25) is 0 Å². The molecule has 4 rings (SSSR count). The third kappa shape index (κ3) is 3.87. The zero-order valence-electron chi connectivity index (χ0n) is 17.4. The number of carbonyl (C=O) groups excluding carboxylic acids is 1. The van der Waals surface area contributed by atoms with Gasteiger partial charge in [0.1, 0.15) is 5.69 Å². The van der Waals surface area contributed by atoms with Crippen LogP contribution in [-0.4, -0.2) is 47.4 Å². The fraction of sp³-hybridized carbons (Fsp3) is 0.0435. The van der Waals surface area contributed by atoms with Crippen molar-refractivity contribution in [2.75, 3.05) is 7.05 Å². The first-order valence-corrected chi connectivity index (χ1v) is 11.2. The van der Waals surface area contributed by atoms with Gasteiger partial charge in [0.2, 0.25) is 9.84 Å². The lowest BCUT2D eigenvalue weighted by molar-refractivity contribution is 0.0696. The van der Waals surface area contributed by atoms with Crippen molar-refractivity contribution < 1.29 is 23.1 Å². The number of nitrogens with one attached hydrogen (secondary N) is 2. The highest BCUT2D eigenvalue weighted by Gasteiger charge is 2.25. The standard InChI is InChI=1S/C23H18N4O5S/c1-13(18-10-14(23(29)30)11-19(27-18)21(28)24-2)17-12-26-22(20-16(17)8-9-25-20)33(31,32)15-6-4-3-5-7-15/h3-12,25H,1H2,2H3,(H,24,28)(H,29,30). The number of carbonyl (C=O) groups is 2. The summed E-state index contributed by atoms with van der Waals surface area (Å²) >= 11 is 0. The lowest BCUT2D eigenvalue weighted by Crippen LogP contribution is -2.20. The van der Waals surface area contributed by atoms with Gasteiger partial charge in [-0.15, -0.1) is 0 Å². The molecule has 0 atom stereocenters. The first-order valence-electron chi connectivity index (χ1n) is 9.67. The number of pyridine rings is 2. The number of rotatable bonds is 6. The number of aromatic amines is 1. The molecule has 0 aliphatic heterocycles. The molecule has 10 heteroatoms. The largest absolute Gasteiger partial charge is 0.478 e. The van der Waals surface area contributed by atoms with Crippen LogP contribution in [0, 0.1) is 0 Å². The maximum atomic E-state index is 13.1. The number of carboxylic acids is 1. The summed E-state index contributed by atoms with van der Waals surface area (Å²) in [7, 11) is -2.49. The van der Waals surface area contributed by atoms with Crippen molar-refractivity contribution in [3.63, 3.8) is 0 Å². The maximum Gasteiger partial charge on any atom is 0.335 e. The molecule has 0 radical (unpaired) electrons. The van der Waals surface area contributed by atoms with Gasteiger partial charge in [0, 0.05) is 36.0 Å². The summed E-state index contributed by atoms with van der Waals surface area (Å²) in [6.45, 7) is 4.01. The van der Waals surface area contributed by atoms with E-state index >= 15 is 0 Å². The third-order valence-corrected chi connectivity index (χ3v) is 6.75. The van der Waals surface area contributed by atoms with Crippen LogP contribution in [-0.2, 0) is 9.84 Å². The van der Waals surface area contributed by atoms with Crippen molar-refractivity contribution in [2.45, 2.75) is 9.92 Å². The molecule has 0 bridgehead atoms. The fourth-order valence-electron chi connectivity index (χ4n) is 3.37. The minimum absolute atomic E-state index is 0.0879. The van der Waals surface area contributed by atoms with Gasteiger partial charge in [0.15, 0.2) is 5.03 Å². The average molecular weight is 462 g/mol. The van der Waals surface area contributed by atoms with Gasteiger partial charge < -0.3 is 15.4 Å². The topological polar surface area (TPSA) is 142 Å². The van der Waals surface area contributed by atoms with Crippen molar-refractivity contribution in [3.8, 4) is 0 Å². The van der Waals surface area contributed by atoms with Crippen molar-refractivity contribution in [1.29, 1.82) is 0 Å². The number of amides is 1. The summed E-state index contributed by atoms with van der Waals surface area (Å²) in [5.74, 6) is -1.79. The van der Waals surface area contributed by atoms with Crippen molar-refractivity contribution in [2.24, 2.45) is 0 Å². The predicted molar refractivity (Wildman–Crippen MR) is 121 cm³/mol. The lowest BCUT2D eigenvalue weighted by Gasteiger charge is -2.12. The summed E-state index contributed by atoms with van der Waals surface area (Å²) in [6, 6.07) is 12.1. The molecule has 0 fully saturated rings. The Morgan fingerprint density at radius 1 is 1.09 bits per heavy atom. The van der Waals surface area contributed by atoms with E-state index in [9.17, 15) is 23.1 Å². The van der Waals surface area contributed by atoms with Crippen LogP contribution in [0.5, 0.6) is 0 Å². The van der Waals surface area contributed by atoms with E-state index in [1.807, 2.05) is 0 Å². The van der Waals surface area contributed by atoms with Crippen molar-refractivity contribution in [3.05, 3.63) is 90.0 Å². The second-order valence-corrected chi connectivity index (χ2v) is 8.91. The van der Waals surface area contributed by atoms with Gasteiger partial charge in [-0.05, 0) is 30.3 Å². The number of hydrogen-bond donors (Lipinski definition) is 3. The molecule has 4 aromatic rings. The number of fused-ring (bicyclic) bond motifs is 1. The van der Waals surface area contributed by atoms with Gasteiger partial charge >= 0.3 is 5.97 Å². The normalized spacial score (nSPS) is 11.3. The number of hydrogen-bond acceptors (Lipinski definition) is 6. The van der Waals surface area contributed by atoms with E-state index in [1.54, 1.807) is 30.5 Å². The first-order chi connectivity index (χ1) is 15.7. The first kappa shape index (κ1) is 21.9. The molecule has 9 nitrogen and oxygen atoms in total. The Bertz CT molecular complexity index is 1530. The van der Waals surface area contributed by atoms with E-state index < -0.39 is 21.7 Å². The predicted octanol–water partition coefficient (Wildman–Crippen LogP) is 2.91. The third-order valence-electron chi connectivity index (χ3n) is 5.04. The smallest absolute Gasteiger partial charge is 0.335 e. The minimum Gasteiger partial charge on any atom is -0.478 e. The highest BCUT2D eigenvalue weighted by atomic mass is 32.2. The van der Waals surface area contributed by atoms with Gasteiger partial charge in [-0.25, -0.2) is 23.2 Å². The molecule has 33 heavy (non-hydrogen) atoms. The minimum atomic E-state index is -3.90. The number of aromatic carboxylic acids is 1. The quantitative estimate of drug-likeness (QED) is 0.400. The van der Waals surface area contributed by atoms with Crippen LogP contribution >= 0.6 is 0 Å². The van der Waals surface area contributed by atoms with E-state index in [0.29, 0.717) is 10.9 Å². The number of nitrogens with zero attached hydrogens (tertiary/aromatic N) is 2. The Hall–Kier alpha value is -4.31. The lowest BCUT2D eigenvalue weighted by atomic mass is 10.0. The molecular weight excluding hydrogens is 444 g/mol. The molecule has 0 saturated heterocycles. The molecule has 1 aromatic carbocycles. The van der Waals surface area contributed by atoms with Crippen LogP contribution in [0.1, 0.15) is 32.1 Å². The van der Waals surface area contributed by atoms with Gasteiger partial charge in [0.05, 0.1) is 21.7 Å². The fourth-order valence-corrected chi connectivity index (χ4v) is 4.74. The van der Waals surface area contributed by atoms with Crippen LogP contribution in [0.25, 0.3) is 16.5 Å². The highest BCUT2D eigenvalue weighted by molar-refractivity contribution is 7.91. The number of carboxylic acid groups (broad SMARTS) is 1. The number of benzene rings is 1. The molecule has 0 spiro atoms. The molecule has 3 aromatic heterocycles. The molecule has 0 unspecified atom stereocenters. The zero-order valence-corrected chi connectivity index (χ0v) is 18.2. The SMILES string of the molecule is C=C(c1cc(C(=O)O)cc(C(=O)NC)n1)c1cnc(S(=O)(=O)c2ccccc2)c2[nH]ccc12. The van der Waals surface area contributed by atoms with Gasteiger partial charge in [-0.3, -0.25) is 4.79 Å². The summed E-state index contributed by atoms with van der Waals surface area (Å²) in [6.07, 6.45) is 2.92. The second-order valence-electron chi connectivity index (χ2n) is 7.05. The summed E-state index contributed by atoms with van der Waals surface area (Å²) in [5.41, 5.74) is 0.923. The molecule has 1 amide bonds. The molecular formula is C23H18N4O5S.